The van der Waals surface area contributed by atoms with Crippen molar-refractivity contribution in [1.29, 1.82) is 0 Å². The Morgan fingerprint density at radius 2 is 1.66 bits per heavy atom. The van der Waals surface area contributed by atoms with Crippen LogP contribution in [0.5, 0.6) is 0 Å². The minimum atomic E-state index is -4.29. The average molecular weight is 480 g/mol. The molecule has 3 N–H and O–H groups in total. The van der Waals surface area contributed by atoms with Crippen LogP contribution in [0, 0.1) is 0 Å². The van der Waals surface area contributed by atoms with E-state index in [9.17, 15) is 19.4 Å². The summed E-state index contributed by atoms with van der Waals surface area (Å²) in [6.07, 6.45) is 12.2. The molecule has 0 aromatic carbocycles. The minimum Gasteiger partial charge on any atom is -0.387 e. The van der Waals surface area contributed by atoms with Crippen molar-refractivity contribution in [2.24, 2.45) is 0 Å². The quantitative estimate of drug-likeness (QED) is 0.105. The van der Waals surface area contributed by atoms with E-state index in [0.29, 0.717) is 17.4 Å². The van der Waals surface area contributed by atoms with Gasteiger partial charge in [0.2, 0.25) is 5.91 Å². The van der Waals surface area contributed by atoms with Crippen LogP contribution >= 0.6 is 7.82 Å². The molecule has 0 heterocycles. The highest BCUT2D eigenvalue weighted by Gasteiger charge is 2.27. The van der Waals surface area contributed by atoms with Crippen molar-refractivity contribution in [2.45, 2.75) is 90.2 Å². The van der Waals surface area contributed by atoms with Crippen molar-refractivity contribution in [3.8, 4) is 0 Å². The summed E-state index contributed by atoms with van der Waals surface area (Å²) in [4.78, 5) is 22.2. The van der Waals surface area contributed by atoms with Crippen LogP contribution in [0.4, 0.5) is 0 Å². The number of phosphoric ester groups is 1. The lowest BCUT2D eigenvalue weighted by molar-refractivity contribution is -0.870. The molecule has 32 heavy (non-hydrogen) atoms. The molecule has 9 heteroatoms. The molecule has 3 unspecified atom stereocenters. The van der Waals surface area contributed by atoms with E-state index in [4.69, 9.17) is 9.05 Å². The van der Waals surface area contributed by atoms with E-state index in [1.54, 1.807) is 6.08 Å². The van der Waals surface area contributed by atoms with Gasteiger partial charge in [0.1, 0.15) is 13.2 Å². The molecule has 0 fully saturated rings. The summed E-state index contributed by atoms with van der Waals surface area (Å²) in [7, 11) is 1.56. The van der Waals surface area contributed by atoms with Crippen molar-refractivity contribution in [1.82, 2.24) is 5.32 Å². The van der Waals surface area contributed by atoms with Gasteiger partial charge in [0.25, 0.3) is 0 Å². The van der Waals surface area contributed by atoms with Gasteiger partial charge in [-0.2, -0.15) is 0 Å². The molecule has 8 nitrogen and oxygen atoms in total. The van der Waals surface area contributed by atoms with Crippen LogP contribution in [0.2, 0.25) is 0 Å². The molecule has 0 saturated carbocycles. The maximum Gasteiger partial charge on any atom is 0.472 e. The lowest BCUT2D eigenvalue weighted by Crippen LogP contribution is -2.45. The number of carbonyl (C=O) groups is 1. The number of nitrogens with one attached hydrogen (secondary N) is 1. The number of unbranched alkanes of at least 4 members (excludes halogenated alkanes) is 7. The van der Waals surface area contributed by atoms with E-state index < -0.39 is 20.0 Å². The maximum absolute atomic E-state index is 12.2. The monoisotopic (exact) mass is 479 g/mol. The van der Waals surface area contributed by atoms with Gasteiger partial charge < -0.3 is 19.8 Å². The van der Waals surface area contributed by atoms with Crippen molar-refractivity contribution in [3.63, 3.8) is 0 Å². The lowest BCUT2D eigenvalue weighted by Gasteiger charge is -2.25. The van der Waals surface area contributed by atoms with Crippen LogP contribution in [-0.2, 0) is 18.4 Å². The molecule has 3 atom stereocenters. The Labute approximate surface area is 195 Å². The number of carbonyl (C=O) groups excluding carboxylic acids is 1. The fourth-order valence-electron chi connectivity index (χ4n) is 2.92. The van der Waals surface area contributed by atoms with Crippen molar-refractivity contribution in [3.05, 3.63) is 12.2 Å². The zero-order valence-corrected chi connectivity index (χ0v) is 21.8. The Balaban J connectivity index is 4.76. The Kier molecular flexibility index (Phi) is 17.3. The van der Waals surface area contributed by atoms with E-state index >= 15 is 0 Å². The second kappa shape index (κ2) is 17.7. The van der Waals surface area contributed by atoms with E-state index in [-0.39, 0.29) is 19.1 Å². The van der Waals surface area contributed by atoms with Crippen LogP contribution in [0.1, 0.15) is 78.1 Å². The number of nitrogens with zero attached hydrogens (tertiary/aromatic N) is 1. The van der Waals surface area contributed by atoms with Gasteiger partial charge in [0.05, 0.1) is 39.9 Å². The summed E-state index contributed by atoms with van der Waals surface area (Å²) >= 11 is 0. The third-order valence-corrected chi connectivity index (χ3v) is 5.99. The Morgan fingerprint density at radius 1 is 1.03 bits per heavy atom. The van der Waals surface area contributed by atoms with Crippen molar-refractivity contribution in [2.75, 3.05) is 40.9 Å². The third kappa shape index (κ3) is 18.8. The van der Waals surface area contributed by atoms with Crippen LogP contribution in [0.15, 0.2) is 12.2 Å². The van der Waals surface area contributed by atoms with Crippen molar-refractivity contribution < 1.29 is 32.9 Å². The maximum atomic E-state index is 12.2. The van der Waals surface area contributed by atoms with Gasteiger partial charge in [0.15, 0.2) is 0 Å². The summed E-state index contributed by atoms with van der Waals surface area (Å²) in [6.45, 7) is 4.51. The van der Waals surface area contributed by atoms with Crippen molar-refractivity contribution >= 4 is 13.7 Å². The fraction of sp³-hybridized carbons (Fsp3) is 0.870. The van der Waals surface area contributed by atoms with E-state index in [1.165, 1.54) is 19.3 Å². The third-order valence-electron chi connectivity index (χ3n) is 5.01. The second-order valence-corrected chi connectivity index (χ2v) is 10.8. The molecule has 0 rings (SSSR count). The Hall–Kier alpha value is -0.760. The topological polar surface area (TPSA) is 105 Å². The van der Waals surface area contributed by atoms with Gasteiger partial charge >= 0.3 is 7.82 Å². The molecular formula is C23H48N2O6P+. The number of hydrogen-bond donors (Lipinski definition) is 3. The first-order valence-corrected chi connectivity index (χ1v) is 13.6. The summed E-state index contributed by atoms with van der Waals surface area (Å²) in [5, 5.41) is 13.3. The van der Waals surface area contributed by atoms with E-state index in [0.717, 1.165) is 38.5 Å². The highest BCUT2D eigenvalue weighted by molar-refractivity contribution is 7.47. The first-order valence-electron chi connectivity index (χ1n) is 12.1. The van der Waals surface area contributed by atoms with Gasteiger partial charge in [0, 0.05) is 6.42 Å². The normalized spacial score (nSPS) is 16.1. The smallest absolute Gasteiger partial charge is 0.387 e. The van der Waals surface area contributed by atoms with Gasteiger partial charge in [-0.05, 0) is 19.3 Å². The summed E-state index contributed by atoms with van der Waals surface area (Å²) < 4.78 is 22.9. The minimum absolute atomic E-state index is 0.0613. The molecule has 0 aromatic heterocycles. The number of likely N-dealkylation sites (N-methyl/N-ethyl adjacent to an activating group) is 1. The Bertz CT molecular complexity index is 565. The zero-order chi connectivity index (χ0) is 24.5. The second-order valence-electron chi connectivity index (χ2n) is 9.36. The molecule has 0 bridgehead atoms. The number of rotatable bonds is 20. The molecule has 190 valence electrons. The molecule has 0 spiro atoms. The molecule has 0 aliphatic carbocycles. The molecule has 0 aliphatic rings. The molecule has 0 aliphatic heterocycles. The fourth-order valence-corrected chi connectivity index (χ4v) is 3.65. The SMILES string of the molecule is CCCCCCC/C=C/C(O)C(COP(=O)(O)OCC[N+](C)(C)C)NC(=O)CCCCC. The molecule has 0 aromatic rings. The van der Waals surface area contributed by atoms with E-state index in [2.05, 4.69) is 19.2 Å². The number of quaternary nitrogens is 1. The predicted octanol–water partition coefficient (Wildman–Crippen LogP) is 4.17. The number of amides is 1. The highest BCUT2D eigenvalue weighted by Crippen LogP contribution is 2.43. The van der Waals surface area contributed by atoms with E-state index in [1.807, 2.05) is 27.2 Å². The molecule has 0 saturated heterocycles. The highest BCUT2D eigenvalue weighted by atomic mass is 31.2. The largest absolute Gasteiger partial charge is 0.472 e. The molecular weight excluding hydrogens is 431 g/mol. The summed E-state index contributed by atoms with van der Waals surface area (Å²) in [5.74, 6) is -0.210. The van der Waals surface area contributed by atoms with Crippen LogP contribution < -0.4 is 5.32 Å². The van der Waals surface area contributed by atoms with Crippen LogP contribution in [0.25, 0.3) is 0 Å². The predicted molar refractivity (Wildman–Crippen MR) is 129 cm³/mol. The number of phosphoric acid groups is 1. The van der Waals surface area contributed by atoms with Crippen LogP contribution in [-0.4, -0.2) is 73.4 Å². The van der Waals surface area contributed by atoms with Gasteiger partial charge in [-0.3, -0.25) is 13.8 Å². The van der Waals surface area contributed by atoms with Crippen LogP contribution in [0.3, 0.4) is 0 Å². The molecule has 1 amide bonds. The zero-order valence-electron chi connectivity index (χ0n) is 20.9. The lowest BCUT2D eigenvalue weighted by atomic mass is 10.1. The number of allylic oxidation sites excluding steroid dienone is 1. The Morgan fingerprint density at radius 3 is 2.28 bits per heavy atom. The summed E-state index contributed by atoms with van der Waals surface area (Å²) in [5.41, 5.74) is 0. The summed E-state index contributed by atoms with van der Waals surface area (Å²) in [6, 6.07) is -0.831. The number of aliphatic hydroxyl groups excluding tert-OH is 1. The van der Waals surface area contributed by atoms with Gasteiger partial charge in [-0.1, -0.05) is 64.5 Å². The number of hydrogen-bond acceptors (Lipinski definition) is 5. The average Bonchev–Trinajstić information content (AvgIpc) is 2.69. The van der Waals surface area contributed by atoms with Gasteiger partial charge in [-0.15, -0.1) is 0 Å². The van der Waals surface area contributed by atoms with Gasteiger partial charge in [-0.25, -0.2) is 4.57 Å². The first-order chi connectivity index (χ1) is 15.0. The number of aliphatic hydroxyl groups is 1. The standard InChI is InChI=1S/C23H47N2O6P/c1-6-8-10-11-12-13-15-16-22(26)21(24-23(27)17-14-9-7-2)20-31-32(28,29)30-19-18-25(3,4)5/h15-16,21-22,26H,6-14,17-20H2,1-5H3,(H-,24,27,28,29)/p+1/b16-15+. The first kappa shape index (κ1) is 31.2. The molecule has 0 radical (unpaired) electrons.